The maximum absolute atomic E-state index is 11.1. The second-order valence-corrected chi connectivity index (χ2v) is 5.90. The lowest BCUT2D eigenvalue weighted by molar-refractivity contribution is -0.385. The van der Waals surface area contributed by atoms with Crippen molar-refractivity contribution in [1.29, 1.82) is 5.26 Å². The van der Waals surface area contributed by atoms with Crippen LogP contribution in [0.1, 0.15) is 24.3 Å². The van der Waals surface area contributed by atoms with E-state index in [0.717, 1.165) is 5.69 Å². The molecular formula is C15H15N3O2S. The van der Waals surface area contributed by atoms with Crippen molar-refractivity contribution in [1.82, 2.24) is 0 Å². The first-order valence-electron chi connectivity index (χ1n) is 6.50. The average molecular weight is 301 g/mol. The molecule has 0 amide bonds. The summed E-state index contributed by atoms with van der Waals surface area (Å²) in [6, 6.07) is 10.8. The summed E-state index contributed by atoms with van der Waals surface area (Å²) in [6.07, 6.45) is 0. The maximum atomic E-state index is 11.1. The number of thiophene rings is 1. The second kappa shape index (κ2) is 6.37. The highest BCUT2D eigenvalue weighted by molar-refractivity contribution is 7.09. The Hall–Kier alpha value is -2.39. The largest absolute Gasteiger partial charge is 0.364 e. The Balaban J connectivity index is 2.39. The monoisotopic (exact) mass is 301 g/mol. The summed E-state index contributed by atoms with van der Waals surface area (Å²) in [6.45, 7) is 4.77. The highest BCUT2D eigenvalue weighted by Gasteiger charge is 2.19. The van der Waals surface area contributed by atoms with Crippen LogP contribution in [0.25, 0.3) is 0 Å². The van der Waals surface area contributed by atoms with Gasteiger partial charge in [-0.15, -0.1) is 11.3 Å². The van der Waals surface area contributed by atoms with Gasteiger partial charge in [-0.1, -0.05) is 6.07 Å². The van der Waals surface area contributed by atoms with Crippen molar-refractivity contribution in [3.05, 3.63) is 56.3 Å². The summed E-state index contributed by atoms with van der Waals surface area (Å²) in [4.78, 5) is 13.8. The van der Waals surface area contributed by atoms with Gasteiger partial charge in [-0.05, 0) is 37.4 Å². The van der Waals surface area contributed by atoms with Gasteiger partial charge in [0.15, 0.2) is 0 Å². The molecule has 0 spiro atoms. The van der Waals surface area contributed by atoms with E-state index in [9.17, 15) is 10.1 Å². The van der Waals surface area contributed by atoms with Gasteiger partial charge in [0.25, 0.3) is 5.69 Å². The lowest BCUT2D eigenvalue weighted by Crippen LogP contribution is -2.29. The average Bonchev–Trinajstić information content (AvgIpc) is 2.96. The van der Waals surface area contributed by atoms with E-state index in [1.54, 1.807) is 17.4 Å². The fraction of sp³-hybridized carbons (Fsp3) is 0.267. The van der Waals surface area contributed by atoms with Crippen LogP contribution in [-0.4, -0.2) is 11.0 Å². The Bertz CT molecular complexity index is 675. The molecule has 1 aromatic heterocycles. The third-order valence-electron chi connectivity index (χ3n) is 3.16. The van der Waals surface area contributed by atoms with Crippen molar-refractivity contribution in [3.8, 4) is 6.07 Å². The zero-order valence-corrected chi connectivity index (χ0v) is 12.6. The molecule has 0 saturated carbocycles. The van der Waals surface area contributed by atoms with Crippen molar-refractivity contribution >= 4 is 22.7 Å². The maximum Gasteiger partial charge on any atom is 0.289 e. The van der Waals surface area contributed by atoms with Crippen molar-refractivity contribution in [2.45, 2.75) is 26.4 Å². The quantitative estimate of drug-likeness (QED) is 0.619. The van der Waals surface area contributed by atoms with Gasteiger partial charge in [0.2, 0.25) is 0 Å². The molecular weight excluding hydrogens is 286 g/mol. The third-order valence-corrected chi connectivity index (χ3v) is 4.02. The van der Waals surface area contributed by atoms with Crippen LogP contribution in [0, 0.1) is 21.4 Å². The fourth-order valence-electron chi connectivity index (χ4n) is 2.09. The van der Waals surface area contributed by atoms with E-state index in [2.05, 4.69) is 4.90 Å². The molecule has 6 heteroatoms. The number of anilines is 1. The SMILES string of the molecule is CC(C)N(Cc1cccs1)c1ccc(C#N)c([N+](=O)[O-])c1. The lowest BCUT2D eigenvalue weighted by Gasteiger charge is -2.28. The normalized spacial score (nSPS) is 10.4. The molecule has 0 atom stereocenters. The molecule has 0 aliphatic carbocycles. The summed E-state index contributed by atoms with van der Waals surface area (Å²) in [5, 5.41) is 22.0. The van der Waals surface area contributed by atoms with Crippen molar-refractivity contribution in [3.63, 3.8) is 0 Å². The van der Waals surface area contributed by atoms with Gasteiger partial charge in [-0.25, -0.2) is 0 Å². The van der Waals surface area contributed by atoms with Crippen LogP contribution in [0.15, 0.2) is 35.7 Å². The summed E-state index contributed by atoms with van der Waals surface area (Å²) in [5.74, 6) is 0. The number of nitriles is 1. The second-order valence-electron chi connectivity index (χ2n) is 4.87. The number of nitrogens with zero attached hydrogens (tertiary/aromatic N) is 3. The van der Waals surface area contributed by atoms with E-state index in [-0.39, 0.29) is 17.3 Å². The molecule has 0 aliphatic heterocycles. The first-order chi connectivity index (χ1) is 10.0. The van der Waals surface area contributed by atoms with E-state index in [0.29, 0.717) is 6.54 Å². The van der Waals surface area contributed by atoms with Crippen LogP contribution < -0.4 is 4.90 Å². The molecule has 2 aromatic rings. The van der Waals surface area contributed by atoms with Crippen LogP contribution in [0.5, 0.6) is 0 Å². The molecule has 0 radical (unpaired) electrons. The van der Waals surface area contributed by atoms with Crippen molar-refractivity contribution < 1.29 is 4.92 Å². The highest BCUT2D eigenvalue weighted by atomic mass is 32.1. The first kappa shape index (κ1) is 15.0. The molecule has 21 heavy (non-hydrogen) atoms. The summed E-state index contributed by atoms with van der Waals surface area (Å²) >= 11 is 1.65. The number of hydrogen-bond acceptors (Lipinski definition) is 5. The van der Waals surface area contributed by atoms with Gasteiger partial charge >= 0.3 is 0 Å². The molecule has 0 bridgehead atoms. The molecule has 2 rings (SSSR count). The predicted octanol–water partition coefficient (Wildman–Crippen LogP) is 3.94. The van der Waals surface area contributed by atoms with E-state index >= 15 is 0 Å². The van der Waals surface area contributed by atoms with Crippen LogP contribution in [0.3, 0.4) is 0 Å². The molecule has 0 aliphatic rings. The minimum atomic E-state index is -0.508. The van der Waals surface area contributed by atoms with Crippen LogP contribution in [0.4, 0.5) is 11.4 Å². The smallest absolute Gasteiger partial charge is 0.289 e. The van der Waals surface area contributed by atoms with Crippen LogP contribution >= 0.6 is 11.3 Å². The Kier molecular flexibility index (Phi) is 4.55. The number of nitro benzene ring substituents is 1. The topological polar surface area (TPSA) is 70.2 Å². The Morgan fingerprint density at radius 2 is 2.19 bits per heavy atom. The summed E-state index contributed by atoms with van der Waals surface area (Å²) in [5.41, 5.74) is 0.694. The molecule has 0 saturated heterocycles. The molecule has 108 valence electrons. The minimum Gasteiger partial charge on any atom is -0.364 e. The Morgan fingerprint density at radius 3 is 2.71 bits per heavy atom. The van der Waals surface area contributed by atoms with Gasteiger partial charge in [0, 0.05) is 22.7 Å². The fourth-order valence-corrected chi connectivity index (χ4v) is 2.79. The lowest BCUT2D eigenvalue weighted by atomic mass is 10.1. The number of hydrogen-bond donors (Lipinski definition) is 0. The first-order valence-corrected chi connectivity index (χ1v) is 7.38. The van der Waals surface area contributed by atoms with E-state index in [1.807, 2.05) is 37.4 Å². The molecule has 5 nitrogen and oxygen atoms in total. The number of benzene rings is 1. The van der Waals surface area contributed by atoms with Gasteiger partial charge in [0.1, 0.15) is 11.6 Å². The zero-order valence-electron chi connectivity index (χ0n) is 11.8. The predicted molar refractivity (Wildman–Crippen MR) is 83.4 cm³/mol. The van der Waals surface area contributed by atoms with Crippen molar-refractivity contribution in [2.24, 2.45) is 0 Å². The molecule has 1 heterocycles. The minimum absolute atomic E-state index is 0.0866. The highest BCUT2D eigenvalue weighted by Crippen LogP contribution is 2.28. The third kappa shape index (κ3) is 3.38. The summed E-state index contributed by atoms with van der Waals surface area (Å²) < 4.78 is 0. The van der Waals surface area contributed by atoms with E-state index in [4.69, 9.17) is 5.26 Å². The van der Waals surface area contributed by atoms with Crippen molar-refractivity contribution in [2.75, 3.05) is 4.90 Å². The van der Waals surface area contributed by atoms with E-state index in [1.165, 1.54) is 17.0 Å². The number of nitro groups is 1. The molecule has 1 aromatic carbocycles. The Labute approximate surface area is 127 Å². The van der Waals surface area contributed by atoms with E-state index < -0.39 is 4.92 Å². The zero-order chi connectivity index (χ0) is 15.4. The van der Waals surface area contributed by atoms with Gasteiger partial charge < -0.3 is 4.90 Å². The molecule has 0 N–H and O–H groups in total. The van der Waals surface area contributed by atoms with Crippen LogP contribution in [-0.2, 0) is 6.54 Å². The molecule has 0 fully saturated rings. The standard InChI is InChI=1S/C15H15N3O2S/c1-11(2)17(10-14-4-3-7-21-14)13-6-5-12(9-16)15(8-13)18(19)20/h3-8,11H,10H2,1-2H3. The van der Waals surface area contributed by atoms with Gasteiger partial charge in [-0.2, -0.15) is 5.26 Å². The van der Waals surface area contributed by atoms with Crippen LogP contribution in [0.2, 0.25) is 0 Å². The Morgan fingerprint density at radius 1 is 1.43 bits per heavy atom. The van der Waals surface area contributed by atoms with Gasteiger partial charge in [0.05, 0.1) is 11.5 Å². The molecule has 0 unspecified atom stereocenters. The summed E-state index contributed by atoms with van der Waals surface area (Å²) in [7, 11) is 0. The number of rotatable bonds is 5. The van der Waals surface area contributed by atoms with Gasteiger partial charge in [-0.3, -0.25) is 10.1 Å².